The first-order chi connectivity index (χ1) is 16.4. The molecule has 0 amide bonds. The first kappa shape index (κ1) is 27.7. The summed E-state index contributed by atoms with van der Waals surface area (Å²) in [6.07, 6.45) is 14.2. The molecule has 0 N–H and O–H groups in total. The van der Waals surface area contributed by atoms with Crippen LogP contribution in [0.4, 0.5) is 0 Å². The highest BCUT2D eigenvalue weighted by molar-refractivity contribution is 7.85. The van der Waals surface area contributed by atoms with Crippen molar-refractivity contribution in [2.45, 2.75) is 102 Å². The van der Waals surface area contributed by atoms with Gasteiger partial charge in [-0.15, -0.1) is 0 Å². The summed E-state index contributed by atoms with van der Waals surface area (Å²) in [7, 11) is -3.65. The Morgan fingerprint density at radius 3 is 2.38 bits per heavy atom. The van der Waals surface area contributed by atoms with Crippen LogP contribution in [-0.2, 0) is 38.0 Å². The third-order valence-electron chi connectivity index (χ3n) is 6.74. The highest BCUT2D eigenvalue weighted by Gasteiger charge is 2.43. The molecular formula is C25H42O8S. The number of rotatable bonds is 13. The van der Waals surface area contributed by atoms with Crippen LogP contribution < -0.4 is 0 Å². The van der Waals surface area contributed by atoms with E-state index in [1.807, 2.05) is 12.2 Å². The predicted molar refractivity (Wildman–Crippen MR) is 128 cm³/mol. The molecule has 196 valence electrons. The second-order valence-electron chi connectivity index (χ2n) is 9.66. The summed E-state index contributed by atoms with van der Waals surface area (Å²) in [5, 5.41) is 0. The van der Waals surface area contributed by atoms with Crippen LogP contribution in [0.25, 0.3) is 0 Å². The van der Waals surface area contributed by atoms with E-state index in [1.165, 1.54) is 0 Å². The Labute approximate surface area is 204 Å². The van der Waals surface area contributed by atoms with Crippen molar-refractivity contribution in [1.29, 1.82) is 0 Å². The van der Waals surface area contributed by atoms with Gasteiger partial charge in [-0.1, -0.05) is 38.3 Å². The van der Waals surface area contributed by atoms with Crippen molar-refractivity contribution in [1.82, 2.24) is 0 Å². The van der Waals surface area contributed by atoms with Crippen LogP contribution in [0.3, 0.4) is 0 Å². The van der Waals surface area contributed by atoms with E-state index in [-0.39, 0.29) is 49.5 Å². The van der Waals surface area contributed by atoms with Crippen molar-refractivity contribution in [3.8, 4) is 0 Å². The Morgan fingerprint density at radius 2 is 1.76 bits per heavy atom. The maximum Gasteiger partial charge on any atom is 0.264 e. The second kappa shape index (κ2) is 14.0. The van der Waals surface area contributed by atoms with E-state index in [1.54, 1.807) is 0 Å². The number of hydrogen-bond donors (Lipinski definition) is 0. The molecule has 0 bridgehead atoms. The Bertz CT molecular complexity index is 740. The number of unbranched alkanes of at least 4 members (excludes halogenated alkanes) is 2. The lowest BCUT2D eigenvalue weighted by Crippen LogP contribution is -2.32. The van der Waals surface area contributed by atoms with Crippen molar-refractivity contribution in [3.63, 3.8) is 0 Å². The molecule has 3 aliphatic rings. The fourth-order valence-corrected chi connectivity index (χ4v) is 5.24. The average Bonchev–Trinajstić information content (AvgIpc) is 3.10. The summed E-state index contributed by atoms with van der Waals surface area (Å²) >= 11 is 0. The highest BCUT2D eigenvalue weighted by Crippen LogP contribution is 2.35. The van der Waals surface area contributed by atoms with Crippen LogP contribution in [0, 0.1) is 11.8 Å². The lowest BCUT2D eigenvalue weighted by Gasteiger charge is -2.29. The number of carbonyl (C=O) groups is 1. The van der Waals surface area contributed by atoms with Crippen LogP contribution in [0.2, 0.25) is 0 Å². The van der Waals surface area contributed by atoms with Gasteiger partial charge in [-0.3, -0.25) is 8.98 Å². The Kier molecular flexibility index (Phi) is 11.5. The molecular weight excluding hydrogens is 460 g/mol. The van der Waals surface area contributed by atoms with Crippen molar-refractivity contribution in [2.24, 2.45) is 11.8 Å². The maximum atomic E-state index is 12.8. The fourth-order valence-electron chi connectivity index (χ4n) is 4.84. The van der Waals surface area contributed by atoms with E-state index >= 15 is 0 Å². The summed E-state index contributed by atoms with van der Waals surface area (Å²) in [5.74, 6) is -0.927. The summed E-state index contributed by atoms with van der Waals surface area (Å²) in [4.78, 5) is 12.8. The molecule has 34 heavy (non-hydrogen) atoms. The van der Waals surface area contributed by atoms with Crippen LogP contribution in [0.5, 0.6) is 0 Å². The minimum absolute atomic E-state index is 0.0434. The molecule has 3 rings (SSSR count). The van der Waals surface area contributed by atoms with Gasteiger partial charge < -0.3 is 18.9 Å². The molecule has 0 spiro atoms. The number of hydrogen-bond acceptors (Lipinski definition) is 8. The topological polar surface area (TPSA) is 97.4 Å². The largest absolute Gasteiger partial charge is 0.353 e. The molecule has 0 aromatic heterocycles. The van der Waals surface area contributed by atoms with Gasteiger partial charge in [0.25, 0.3) is 10.1 Å². The van der Waals surface area contributed by atoms with Crippen LogP contribution in [0.15, 0.2) is 12.2 Å². The van der Waals surface area contributed by atoms with Crippen molar-refractivity contribution < 1.29 is 36.3 Å². The molecule has 9 heteroatoms. The molecule has 5 unspecified atom stereocenters. The Balaban J connectivity index is 1.72. The van der Waals surface area contributed by atoms with E-state index in [0.29, 0.717) is 6.61 Å². The number of carbonyl (C=O) groups excluding carboxylic acids is 1. The van der Waals surface area contributed by atoms with Gasteiger partial charge in [0, 0.05) is 25.6 Å². The first-order valence-electron chi connectivity index (χ1n) is 12.9. The number of ether oxygens (including phenoxy) is 4. The van der Waals surface area contributed by atoms with E-state index in [9.17, 15) is 13.2 Å². The number of Topliss-reactive ketones (excluding diaryl/α,β-unsaturated/α-hetero) is 1. The van der Waals surface area contributed by atoms with Crippen molar-refractivity contribution >= 4 is 15.9 Å². The summed E-state index contributed by atoms with van der Waals surface area (Å²) in [5.41, 5.74) is 0. The van der Waals surface area contributed by atoms with E-state index < -0.39 is 16.0 Å². The smallest absolute Gasteiger partial charge is 0.264 e. The zero-order valence-corrected chi connectivity index (χ0v) is 21.5. The summed E-state index contributed by atoms with van der Waals surface area (Å²) < 4.78 is 52.2. The minimum atomic E-state index is -3.65. The summed E-state index contributed by atoms with van der Waals surface area (Å²) in [6.45, 7) is 3.36. The van der Waals surface area contributed by atoms with E-state index in [2.05, 4.69) is 6.92 Å². The fraction of sp³-hybridized carbons (Fsp3) is 0.880. The Morgan fingerprint density at radius 1 is 1.06 bits per heavy atom. The normalized spacial score (nSPS) is 31.8. The van der Waals surface area contributed by atoms with Gasteiger partial charge in [-0.2, -0.15) is 8.42 Å². The van der Waals surface area contributed by atoms with E-state index in [0.717, 1.165) is 77.1 Å². The van der Waals surface area contributed by atoms with Crippen LogP contribution >= 0.6 is 0 Å². The number of ketones is 1. The summed E-state index contributed by atoms with van der Waals surface area (Å²) in [6, 6.07) is 0. The molecule has 0 aromatic rings. The third kappa shape index (κ3) is 9.32. The molecule has 8 nitrogen and oxygen atoms in total. The molecule has 0 radical (unpaired) electrons. The van der Waals surface area contributed by atoms with Gasteiger partial charge in [-0.25, -0.2) is 0 Å². The Hall–Kier alpha value is -0.840. The third-order valence-corrected chi connectivity index (χ3v) is 7.30. The first-order valence-corrected chi connectivity index (χ1v) is 14.8. The van der Waals surface area contributed by atoms with Gasteiger partial charge in [0.05, 0.1) is 31.0 Å². The van der Waals surface area contributed by atoms with Crippen LogP contribution in [-0.4, -0.2) is 65.1 Å². The highest BCUT2D eigenvalue weighted by atomic mass is 32.2. The second-order valence-corrected chi connectivity index (χ2v) is 11.3. The van der Waals surface area contributed by atoms with Gasteiger partial charge in [-0.05, 0) is 44.9 Å². The van der Waals surface area contributed by atoms with E-state index in [4.69, 9.17) is 23.1 Å². The monoisotopic (exact) mass is 502 g/mol. The maximum absolute atomic E-state index is 12.8. The van der Waals surface area contributed by atoms with Gasteiger partial charge in [0.2, 0.25) is 0 Å². The quantitative estimate of drug-likeness (QED) is 0.211. The minimum Gasteiger partial charge on any atom is -0.353 e. The van der Waals surface area contributed by atoms with Crippen molar-refractivity contribution in [3.05, 3.63) is 12.2 Å². The molecule has 2 heterocycles. The molecule has 3 fully saturated rings. The average molecular weight is 503 g/mol. The molecule has 1 saturated carbocycles. The molecule has 0 aromatic carbocycles. The van der Waals surface area contributed by atoms with Gasteiger partial charge in [0.1, 0.15) is 5.78 Å². The van der Waals surface area contributed by atoms with Crippen LogP contribution in [0.1, 0.15) is 77.6 Å². The SMILES string of the molecule is CCCCC[C@@H](C=CC1C(OC2CCCCO2)CC(=O)C1COS(C)(=O)=O)OC1CCCCO1. The molecule has 2 aliphatic heterocycles. The molecule has 6 atom stereocenters. The lowest BCUT2D eigenvalue weighted by molar-refractivity contribution is -0.192. The zero-order valence-electron chi connectivity index (χ0n) is 20.7. The predicted octanol–water partition coefficient (Wildman–Crippen LogP) is 4.13. The molecule has 2 saturated heterocycles. The van der Waals surface area contributed by atoms with Crippen molar-refractivity contribution in [2.75, 3.05) is 26.1 Å². The lowest BCUT2D eigenvalue weighted by atomic mass is 9.93. The zero-order chi connectivity index (χ0) is 24.4. The van der Waals surface area contributed by atoms with Gasteiger partial charge in [0.15, 0.2) is 12.6 Å². The molecule has 1 aliphatic carbocycles. The van der Waals surface area contributed by atoms with Gasteiger partial charge >= 0.3 is 0 Å². The standard InChI is InChI=1S/C25H42O8S/c1-3-4-5-10-19(32-24-11-6-8-15-29-24)13-14-20-21(18-31-34(2,27)28)22(26)17-23(20)33-25-12-7-9-16-30-25/h13-14,19-21,23-25H,3-12,15-18H2,1-2H3/t19-,20?,21?,23?,24?,25?/m0/s1.